The maximum Gasteiger partial charge on any atom is 0.356 e. The third-order valence-corrected chi connectivity index (χ3v) is 1.64. The van der Waals surface area contributed by atoms with Crippen LogP contribution in [0.5, 0.6) is 0 Å². The zero-order chi connectivity index (χ0) is 8.55. The van der Waals surface area contributed by atoms with Gasteiger partial charge in [0.05, 0.1) is 6.54 Å². The summed E-state index contributed by atoms with van der Waals surface area (Å²) in [5.41, 5.74) is 0.0818. The SMILES string of the molecule is O=C(O)c1cn2c(n1)CNC=C2. The van der Waals surface area contributed by atoms with Crippen LogP contribution < -0.4 is 5.32 Å². The number of rotatable bonds is 1. The van der Waals surface area contributed by atoms with Crippen LogP contribution in [0.4, 0.5) is 0 Å². The molecule has 12 heavy (non-hydrogen) atoms. The Morgan fingerprint density at radius 1 is 1.75 bits per heavy atom. The molecule has 2 rings (SSSR count). The highest BCUT2D eigenvalue weighted by molar-refractivity contribution is 5.85. The minimum Gasteiger partial charge on any atom is -0.476 e. The van der Waals surface area contributed by atoms with E-state index in [-0.39, 0.29) is 5.69 Å². The molecule has 0 bridgehead atoms. The van der Waals surface area contributed by atoms with Crippen molar-refractivity contribution in [2.24, 2.45) is 0 Å². The Balaban J connectivity index is 2.46. The minimum atomic E-state index is -0.995. The standard InChI is InChI=1S/C7H7N3O2/c11-7(12)5-4-10-2-1-8-3-6(10)9-5/h1-2,4,8H,3H2,(H,11,12). The third-order valence-electron chi connectivity index (χ3n) is 1.64. The number of nitrogens with one attached hydrogen (secondary N) is 1. The number of aromatic carboxylic acids is 1. The lowest BCUT2D eigenvalue weighted by atomic mass is 10.5. The van der Waals surface area contributed by atoms with E-state index in [1.165, 1.54) is 6.20 Å². The van der Waals surface area contributed by atoms with Crippen LogP contribution in [0.1, 0.15) is 16.3 Å². The van der Waals surface area contributed by atoms with Gasteiger partial charge in [-0.05, 0) is 0 Å². The van der Waals surface area contributed by atoms with E-state index in [0.717, 1.165) is 5.82 Å². The van der Waals surface area contributed by atoms with E-state index in [2.05, 4.69) is 10.3 Å². The van der Waals surface area contributed by atoms with E-state index in [9.17, 15) is 4.79 Å². The molecular weight excluding hydrogens is 158 g/mol. The van der Waals surface area contributed by atoms with Crippen molar-refractivity contribution < 1.29 is 9.90 Å². The Hall–Kier alpha value is -1.78. The van der Waals surface area contributed by atoms with E-state index in [1.807, 2.05) is 0 Å². The summed E-state index contributed by atoms with van der Waals surface area (Å²) in [5.74, 6) is -0.278. The van der Waals surface area contributed by atoms with Crippen LogP contribution in [-0.2, 0) is 6.54 Å². The second-order valence-corrected chi connectivity index (χ2v) is 2.45. The molecule has 0 amide bonds. The number of hydrogen-bond donors (Lipinski definition) is 2. The van der Waals surface area contributed by atoms with Gasteiger partial charge in [0.2, 0.25) is 0 Å². The van der Waals surface area contributed by atoms with Crippen molar-refractivity contribution in [3.8, 4) is 0 Å². The fourth-order valence-electron chi connectivity index (χ4n) is 1.08. The zero-order valence-corrected chi connectivity index (χ0v) is 6.19. The van der Waals surface area contributed by atoms with Gasteiger partial charge in [0, 0.05) is 18.6 Å². The Morgan fingerprint density at radius 3 is 3.25 bits per heavy atom. The summed E-state index contributed by atoms with van der Waals surface area (Å²) in [4.78, 5) is 14.4. The molecular formula is C7H7N3O2. The van der Waals surface area contributed by atoms with Crippen LogP contribution in [0.3, 0.4) is 0 Å². The largest absolute Gasteiger partial charge is 0.476 e. The highest BCUT2D eigenvalue weighted by Gasteiger charge is 2.12. The average molecular weight is 165 g/mol. The molecule has 1 aliphatic rings. The van der Waals surface area contributed by atoms with E-state index >= 15 is 0 Å². The third kappa shape index (κ3) is 0.952. The number of hydrogen-bond acceptors (Lipinski definition) is 3. The summed E-state index contributed by atoms with van der Waals surface area (Å²) in [5, 5.41) is 11.6. The van der Waals surface area contributed by atoms with Crippen molar-refractivity contribution in [1.82, 2.24) is 14.9 Å². The molecule has 0 fully saturated rings. The average Bonchev–Trinajstić information content (AvgIpc) is 2.46. The van der Waals surface area contributed by atoms with Gasteiger partial charge in [-0.15, -0.1) is 0 Å². The minimum absolute atomic E-state index is 0.0818. The van der Waals surface area contributed by atoms with Gasteiger partial charge in [0.1, 0.15) is 5.82 Å². The van der Waals surface area contributed by atoms with Crippen LogP contribution in [0.15, 0.2) is 12.4 Å². The van der Waals surface area contributed by atoms with Crippen molar-refractivity contribution in [1.29, 1.82) is 0 Å². The molecule has 62 valence electrons. The van der Waals surface area contributed by atoms with E-state index in [0.29, 0.717) is 6.54 Å². The van der Waals surface area contributed by atoms with Crippen molar-refractivity contribution in [2.45, 2.75) is 6.54 Å². The second-order valence-electron chi connectivity index (χ2n) is 2.45. The van der Waals surface area contributed by atoms with Gasteiger partial charge < -0.3 is 15.0 Å². The van der Waals surface area contributed by atoms with Gasteiger partial charge in [0.25, 0.3) is 0 Å². The first-order valence-electron chi connectivity index (χ1n) is 3.48. The second kappa shape index (κ2) is 2.37. The first-order valence-corrected chi connectivity index (χ1v) is 3.48. The molecule has 1 aliphatic heterocycles. The highest BCUT2D eigenvalue weighted by Crippen LogP contribution is 2.06. The van der Waals surface area contributed by atoms with Crippen LogP contribution in [0, 0.1) is 0 Å². The summed E-state index contributed by atoms with van der Waals surface area (Å²) in [6.07, 6.45) is 4.98. The molecule has 5 nitrogen and oxygen atoms in total. The van der Waals surface area contributed by atoms with Gasteiger partial charge in [-0.2, -0.15) is 0 Å². The lowest BCUT2D eigenvalue weighted by molar-refractivity contribution is 0.0691. The summed E-state index contributed by atoms with van der Waals surface area (Å²) in [7, 11) is 0. The summed E-state index contributed by atoms with van der Waals surface area (Å²) in [6, 6.07) is 0. The lowest BCUT2D eigenvalue weighted by Crippen LogP contribution is -2.13. The molecule has 0 aliphatic carbocycles. The fraction of sp³-hybridized carbons (Fsp3) is 0.143. The summed E-state index contributed by atoms with van der Waals surface area (Å²) >= 11 is 0. The fourth-order valence-corrected chi connectivity index (χ4v) is 1.08. The Kier molecular flexibility index (Phi) is 1.36. The maximum absolute atomic E-state index is 10.5. The number of carbonyl (C=O) groups is 1. The Labute approximate surface area is 68.3 Å². The van der Waals surface area contributed by atoms with Crippen LogP contribution >= 0.6 is 0 Å². The molecule has 0 aromatic carbocycles. The van der Waals surface area contributed by atoms with Gasteiger partial charge in [-0.1, -0.05) is 0 Å². The molecule has 0 saturated carbocycles. The molecule has 2 heterocycles. The quantitative estimate of drug-likeness (QED) is 0.620. The van der Waals surface area contributed by atoms with Gasteiger partial charge in [-0.3, -0.25) is 0 Å². The van der Waals surface area contributed by atoms with Crippen LogP contribution in [0.25, 0.3) is 6.20 Å². The Morgan fingerprint density at radius 2 is 2.58 bits per heavy atom. The maximum atomic E-state index is 10.5. The van der Waals surface area contributed by atoms with E-state index in [4.69, 9.17) is 5.11 Å². The predicted molar refractivity (Wildman–Crippen MR) is 41.4 cm³/mol. The summed E-state index contributed by atoms with van der Waals surface area (Å²) in [6.45, 7) is 0.573. The molecule has 2 N–H and O–H groups in total. The molecule has 0 radical (unpaired) electrons. The van der Waals surface area contributed by atoms with Crippen LogP contribution in [-0.4, -0.2) is 20.6 Å². The monoisotopic (exact) mass is 165 g/mol. The number of aromatic nitrogens is 2. The van der Waals surface area contributed by atoms with Crippen molar-refractivity contribution in [2.75, 3.05) is 0 Å². The number of fused-ring (bicyclic) bond motifs is 1. The first-order chi connectivity index (χ1) is 5.77. The van der Waals surface area contributed by atoms with Gasteiger partial charge >= 0.3 is 5.97 Å². The smallest absolute Gasteiger partial charge is 0.356 e. The van der Waals surface area contributed by atoms with E-state index in [1.54, 1.807) is 17.0 Å². The topological polar surface area (TPSA) is 67.1 Å². The first kappa shape index (κ1) is 6.90. The highest BCUT2D eigenvalue weighted by atomic mass is 16.4. The number of carboxylic acid groups (broad SMARTS) is 1. The molecule has 0 unspecified atom stereocenters. The van der Waals surface area contributed by atoms with Crippen molar-refractivity contribution >= 4 is 12.2 Å². The number of carboxylic acids is 1. The molecule has 1 aromatic heterocycles. The van der Waals surface area contributed by atoms with Crippen molar-refractivity contribution in [3.05, 3.63) is 23.9 Å². The molecule has 0 spiro atoms. The van der Waals surface area contributed by atoms with Gasteiger partial charge in [0.15, 0.2) is 5.69 Å². The number of nitrogens with zero attached hydrogens (tertiary/aromatic N) is 2. The van der Waals surface area contributed by atoms with Crippen molar-refractivity contribution in [3.63, 3.8) is 0 Å². The van der Waals surface area contributed by atoms with Gasteiger partial charge in [-0.25, -0.2) is 9.78 Å². The molecule has 0 atom stereocenters. The molecule has 5 heteroatoms. The lowest BCUT2D eigenvalue weighted by Gasteiger charge is -2.06. The Bertz CT molecular complexity index is 354. The predicted octanol–water partition coefficient (Wildman–Crippen LogP) is 0.113. The molecule has 1 aromatic rings. The van der Waals surface area contributed by atoms with E-state index < -0.39 is 5.97 Å². The van der Waals surface area contributed by atoms with Crippen LogP contribution in [0.2, 0.25) is 0 Å². The number of imidazole rings is 1. The summed E-state index contributed by atoms with van der Waals surface area (Å²) < 4.78 is 1.69. The molecule has 0 saturated heterocycles. The zero-order valence-electron chi connectivity index (χ0n) is 6.19. The normalized spacial score (nSPS) is 13.7.